The average molecular weight is 514 g/mol. The number of pyridine rings is 1. The van der Waals surface area contributed by atoms with Crippen molar-refractivity contribution in [2.75, 3.05) is 52.4 Å². The van der Waals surface area contributed by atoms with E-state index in [1.807, 2.05) is 28.8 Å². The second-order valence-electron chi connectivity index (χ2n) is 7.46. The minimum absolute atomic E-state index is 0. The van der Waals surface area contributed by atoms with Crippen LogP contribution < -0.4 is 10.6 Å². The van der Waals surface area contributed by atoms with E-state index in [1.54, 1.807) is 0 Å². The fourth-order valence-electron chi connectivity index (χ4n) is 3.55. The highest BCUT2D eigenvalue weighted by molar-refractivity contribution is 14.0. The van der Waals surface area contributed by atoms with Gasteiger partial charge in [-0.05, 0) is 31.5 Å². The zero-order valence-corrected chi connectivity index (χ0v) is 20.2. The van der Waals surface area contributed by atoms with E-state index in [2.05, 4.69) is 51.4 Å². The molecule has 3 heterocycles. The molecule has 2 aromatic heterocycles. The number of hydrogen-bond donors (Lipinski definition) is 2. The number of likely N-dealkylation sites (N-methyl/N-ethyl adjacent to an activating group) is 1. The van der Waals surface area contributed by atoms with Gasteiger partial charge in [0.2, 0.25) is 0 Å². The van der Waals surface area contributed by atoms with Gasteiger partial charge in [-0.1, -0.05) is 19.9 Å². The maximum atomic E-state index is 4.70. The molecule has 2 aromatic rings. The molecule has 0 spiro atoms. The third-order valence-electron chi connectivity index (χ3n) is 5.21. The molecule has 2 N–H and O–H groups in total. The summed E-state index contributed by atoms with van der Waals surface area (Å²) >= 11 is 0. The Hall–Kier alpha value is -1.46. The van der Waals surface area contributed by atoms with Crippen molar-refractivity contribution in [3.63, 3.8) is 0 Å². The fraction of sp³-hybridized carbons (Fsp3) is 0.650. The van der Waals surface area contributed by atoms with Gasteiger partial charge in [-0.15, -0.1) is 34.2 Å². The quantitative estimate of drug-likeness (QED) is 0.318. The molecule has 29 heavy (non-hydrogen) atoms. The lowest BCUT2D eigenvalue weighted by Crippen LogP contribution is -2.48. The maximum Gasteiger partial charge on any atom is 0.191 e. The molecule has 3 rings (SSSR count). The topological polar surface area (TPSA) is 73.1 Å². The van der Waals surface area contributed by atoms with Crippen LogP contribution in [0.5, 0.6) is 0 Å². The molecule has 1 aliphatic heterocycles. The SMILES string of the molecule is CCNC(=NCc1nnc2ccccn12)NCC(C)CN1CCN(CC)CC1.I. The van der Waals surface area contributed by atoms with Gasteiger partial charge in [-0.2, -0.15) is 0 Å². The molecule has 0 bridgehead atoms. The lowest BCUT2D eigenvalue weighted by molar-refractivity contribution is 0.124. The van der Waals surface area contributed by atoms with Gasteiger partial charge in [0.25, 0.3) is 0 Å². The summed E-state index contributed by atoms with van der Waals surface area (Å²) in [6.45, 7) is 15.9. The largest absolute Gasteiger partial charge is 0.357 e. The Morgan fingerprint density at radius 2 is 1.86 bits per heavy atom. The molecule has 1 unspecified atom stereocenters. The van der Waals surface area contributed by atoms with Crippen LogP contribution >= 0.6 is 24.0 Å². The Labute approximate surface area is 191 Å². The minimum Gasteiger partial charge on any atom is -0.357 e. The van der Waals surface area contributed by atoms with E-state index in [0.29, 0.717) is 12.5 Å². The first-order chi connectivity index (χ1) is 13.7. The van der Waals surface area contributed by atoms with Gasteiger partial charge in [0.1, 0.15) is 6.54 Å². The highest BCUT2D eigenvalue weighted by Crippen LogP contribution is 2.06. The van der Waals surface area contributed by atoms with Gasteiger partial charge in [0.05, 0.1) is 0 Å². The number of nitrogens with one attached hydrogen (secondary N) is 2. The molecular weight excluding hydrogens is 479 g/mol. The molecule has 0 radical (unpaired) electrons. The van der Waals surface area contributed by atoms with Crippen molar-refractivity contribution >= 4 is 35.6 Å². The molecule has 1 fully saturated rings. The summed E-state index contributed by atoms with van der Waals surface area (Å²) in [6.07, 6.45) is 1.97. The summed E-state index contributed by atoms with van der Waals surface area (Å²) in [7, 11) is 0. The van der Waals surface area contributed by atoms with Gasteiger partial charge in [0.15, 0.2) is 17.4 Å². The summed E-state index contributed by atoms with van der Waals surface area (Å²) in [5.41, 5.74) is 0.849. The first kappa shape index (κ1) is 23.8. The van der Waals surface area contributed by atoms with Crippen LogP contribution in [-0.2, 0) is 6.54 Å². The third-order valence-corrected chi connectivity index (χ3v) is 5.21. The van der Waals surface area contributed by atoms with E-state index in [0.717, 1.165) is 43.6 Å². The number of fused-ring (bicyclic) bond motifs is 1. The molecule has 1 aliphatic rings. The number of piperazine rings is 1. The predicted octanol–water partition coefficient (Wildman–Crippen LogP) is 1.68. The molecule has 8 nitrogen and oxygen atoms in total. The summed E-state index contributed by atoms with van der Waals surface area (Å²) in [5, 5.41) is 15.3. The Balaban J connectivity index is 0.00000300. The van der Waals surface area contributed by atoms with Gasteiger partial charge < -0.3 is 20.4 Å². The van der Waals surface area contributed by atoms with Crippen LogP contribution in [-0.4, -0.2) is 82.7 Å². The molecule has 1 saturated heterocycles. The first-order valence-electron chi connectivity index (χ1n) is 10.4. The van der Waals surface area contributed by atoms with Crippen LogP contribution in [0.2, 0.25) is 0 Å². The summed E-state index contributed by atoms with van der Waals surface area (Å²) in [6, 6.07) is 5.90. The van der Waals surface area contributed by atoms with Crippen molar-refractivity contribution in [2.24, 2.45) is 10.9 Å². The van der Waals surface area contributed by atoms with Crippen molar-refractivity contribution < 1.29 is 0 Å². The molecule has 1 atom stereocenters. The Bertz CT molecular complexity index is 754. The number of guanidine groups is 1. The van der Waals surface area contributed by atoms with Crippen molar-refractivity contribution in [3.8, 4) is 0 Å². The smallest absolute Gasteiger partial charge is 0.191 e. The number of nitrogens with zero attached hydrogens (tertiary/aromatic N) is 6. The average Bonchev–Trinajstić information content (AvgIpc) is 3.14. The number of halogens is 1. The molecule has 9 heteroatoms. The van der Waals surface area contributed by atoms with Crippen LogP contribution in [0.1, 0.15) is 26.6 Å². The van der Waals surface area contributed by atoms with Crippen LogP contribution in [0.15, 0.2) is 29.4 Å². The molecular formula is C20H35IN8. The molecule has 0 amide bonds. The second-order valence-corrected chi connectivity index (χ2v) is 7.46. The zero-order chi connectivity index (χ0) is 19.8. The lowest BCUT2D eigenvalue weighted by atomic mass is 10.1. The number of rotatable bonds is 8. The Kier molecular flexibility index (Phi) is 10.1. The fourth-order valence-corrected chi connectivity index (χ4v) is 3.55. The highest BCUT2D eigenvalue weighted by atomic mass is 127. The van der Waals surface area contributed by atoms with Crippen LogP contribution in [0.4, 0.5) is 0 Å². The number of aliphatic imine (C=N–C) groups is 1. The van der Waals surface area contributed by atoms with Crippen LogP contribution in [0, 0.1) is 5.92 Å². The third kappa shape index (κ3) is 7.07. The van der Waals surface area contributed by atoms with E-state index in [4.69, 9.17) is 4.99 Å². The summed E-state index contributed by atoms with van der Waals surface area (Å²) in [4.78, 5) is 9.79. The highest BCUT2D eigenvalue weighted by Gasteiger charge is 2.17. The van der Waals surface area contributed by atoms with Gasteiger partial charge in [-0.25, -0.2) is 4.99 Å². The number of aromatic nitrogens is 3. The van der Waals surface area contributed by atoms with Crippen molar-refractivity contribution in [2.45, 2.75) is 27.3 Å². The standard InChI is InChI=1S/C20H34N8.HI/c1-4-21-20(23-15-19-25-24-18-8-6-7-9-28(18)19)22-14-17(3)16-27-12-10-26(5-2)11-13-27;/h6-9,17H,4-5,10-16H2,1-3H3,(H2,21,22,23);1H. The predicted molar refractivity (Wildman–Crippen MR) is 129 cm³/mol. The normalized spacial score (nSPS) is 17.1. The van der Waals surface area contributed by atoms with E-state index in [9.17, 15) is 0 Å². The summed E-state index contributed by atoms with van der Waals surface area (Å²) in [5.74, 6) is 2.23. The van der Waals surface area contributed by atoms with Crippen molar-refractivity contribution in [3.05, 3.63) is 30.2 Å². The molecule has 0 saturated carbocycles. The van der Waals surface area contributed by atoms with E-state index >= 15 is 0 Å². The lowest BCUT2D eigenvalue weighted by Gasteiger charge is -2.35. The van der Waals surface area contributed by atoms with Gasteiger partial charge in [0, 0.05) is 52.0 Å². The molecule has 0 aromatic carbocycles. The monoisotopic (exact) mass is 514 g/mol. The minimum atomic E-state index is 0. The summed E-state index contributed by atoms with van der Waals surface area (Å²) < 4.78 is 1.98. The van der Waals surface area contributed by atoms with Gasteiger partial charge in [-0.3, -0.25) is 4.40 Å². The maximum absolute atomic E-state index is 4.70. The molecule has 0 aliphatic carbocycles. The van der Waals surface area contributed by atoms with Crippen LogP contribution in [0.25, 0.3) is 5.65 Å². The Morgan fingerprint density at radius 3 is 2.59 bits per heavy atom. The Morgan fingerprint density at radius 1 is 1.10 bits per heavy atom. The molecule has 162 valence electrons. The van der Waals surface area contributed by atoms with Crippen LogP contribution in [0.3, 0.4) is 0 Å². The van der Waals surface area contributed by atoms with Crippen molar-refractivity contribution in [1.82, 2.24) is 35.0 Å². The van der Waals surface area contributed by atoms with E-state index in [1.165, 1.54) is 26.2 Å². The van der Waals surface area contributed by atoms with Gasteiger partial charge >= 0.3 is 0 Å². The number of hydrogen-bond acceptors (Lipinski definition) is 5. The van der Waals surface area contributed by atoms with Crippen molar-refractivity contribution in [1.29, 1.82) is 0 Å². The first-order valence-corrected chi connectivity index (χ1v) is 10.4. The second kappa shape index (κ2) is 12.3. The zero-order valence-electron chi connectivity index (χ0n) is 17.8. The van der Waals surface area contributed by atoms with E-state index in [-0.39, 0.29) is 24.0 Å². The van der Waals surface area contributed by atoms with E-state index < -0.39 is 0 Å².